The molecule has 0 saturated carbocycles. The van der Waals surface area contributed by atoms with E-state index in [0.29, 0.717) is 18.9 Å². The molecular formula is C11H17ClN2O3S. The minimum atomic E-state index is -3.65. The number of aryl methyl sites for hydroxylation is 1. The summed E-state index contributed by atoms with van der Waals surface area (Å²) in [5.74, 6) is 0. The monoisotopic (exact) mass is 292 g/mol. The molecule has 0 aliphatic rings. The van der Waals surface area contributed by atoms with Crippen LogP contribution in [0, 0.1) is 6.92 Å². The van der Waals surface area contributed by atoms with Gasteiger partial charge in [-0.1, -0.05) is 11.6 Å². The van der Waals surface area contributed by atoms with Crippen molar-refractivity contribution in [3.63, 3.8) is 0 Å². The first kappa shape index (κ1) is 15.2. The summed E-state index contributed by atoms with van der Waals surface area (Å²) in [5.41, 5.74) is 6.82. The van der Waals surface area contributed by atoms with E-state index in [1.54, 1.807) is 6.92 Å². The van der Waals surface area contributed by atoms with Crippen molar-refractivity contribution in [2.24, 2.45) is 0 Å². The van der Waals surface area contributed by atoms with Gasteiger partial charge in [0, 0.05) is 18.8 Å². The van der Waals surface area contributed by atoms with Gasteiger partial charge >= 0.3 is 0 Å². The molecule has 1 rings (SSSR count). The normalized spacial score (nSPS) is 11.7. The second kappa shape index (κ2) is 6.38. The van der Waals surface area contributed by atoms with Gasteiger partial charge in [0.25, 0.3) is 0 Å². The molecule has 0 radical (unpaired) electrons. The second-order valence-electron chi connectivity index (χ2n) is 3.73. The molecule has 0 atom stereocenters. The van der Waals surface area contributed by atoms with E-state index in [9.17, 15) is 8.42 Å². The molecule has 1 aromatic carbocycles. The smallest absolute Gasteiger partial charge is 0.242 e. The SMILES string of the molecule is CCOCCNS(=O)(=O)c1cc(N)c(C)cc1Cl. The standard InChI is InChI=1S/C11H17ClN2O3S/c1-3-17-5-4-14-18(15,16)11-7-10(13)8(2)6-9(11)12/h6-7,14H,3-5,13H2,1-2H3. The first-order valence-corrected chi connectivity index (χ1v) is 7.37. The van der Waals surface area contributed by atoms with Gasteiger partial charge in [-0.25, -0.2) is 13.1 Å². The topological polar surface area (TPSA) is 81.4 Å². The molecule has 18 heavy (non-hydrogen) atoms. The minimum Gasteiger partial charge on any atom is -0.398 e. The van der Waals surface area contributed by atoms with Crippen LogP contribution in [0.2, 0.25) is 5.02 Å². The fraction of sp³-hybridized carbons (Fsp3) is 0.455. The summed E-state index contributed by atoms with van der Waals surface area (Å²) < 4.78 is 31.4. The van der Waals surface area contributed by atoms with Crippen molar-refractivity contribution < 1.29 is 13.2 Å². The number of hydrogen-bond acceptors (Lipinski definition) is 4. The van der Waals surface area contributed by atoms with Crippen LogP contribution >= 0.6 is 11.6 Å². The second-order valence-corrected chi connectivity index (χ2v) is 5.88. The highest BCUT2D eigenvalue weighted by molar-refractivity contribution is 7.89. The number of hydrogen-bond donors (Lipinski definition) is 2. The number of nitrogen functional groups attached to an aromatic ring is 1. The molecule has 7 heteroatoms. The molecule has 102 valence electrons. The minimum absolute atomic E-state index is 0.0104. The molecular weight excluding hydrogens is 276 g/mol. The van der Waals surface area contributed by atoms with Gasteiger partial charge in [-0.3, -0.25) is 0 Å². The zero-order valence-electron chi connectivity index (χ0n) is 10.4. The van der Waals surface area contributed by atoms with E-state index >= 15 is 0 Å². The molecule has 0 unspecified atom stereocenters. The summed E-state index contributed by atoms with van der Waals surface area (Å²) in [6, 6.07) is 2.90. The van der Waals surface area contributed by atoms with Crippen LogP contribution in [0.15, 0.2) is 17.0 Å². The van der Waals surface area contributed by atoms with E-state index in [4.69, 9.17) is 22.1 Å². The molecule has 3 N–H and O–H groups in total. The molecule has 0 saturated heterocycles. The van der Waals surface area contributed by atoms with Crippen LogP contribution in [-0.4, -0.2) is 28.2 Å². The molecule has 5 nitrogen and oxygen atoms in total. The van der Waals surface area contributed by atoms with E-state index in [0.717, 1.165) is 5.56 Å². The third-order valence-corrected chi connectivity index (χ3v) is 4.28. The summed E-state index contributed by atoms with van der Waals surface area (Å²) in [6.45, 7) is 4.65. The van der Waals surface area contributed by atoms with Crippen molar-refractivity contribution >= 4 is 27.3 Å². The zero-order chi connectivity index (χ0) is 13.8. The van der Waals surface area contributed by atoms with Gasteiger partial charge in [0.05, 0.1) is 11.6 Å². The van der Waals surface area contributed by atoms with Crippen molar-refractivity contribution in [1.82, 2.24) is 4.72 Å². The van der Waals surface area contributed by atoms with Crippen LogP contribution < -0.4 is 10.5 Å². The number of nitrogens with one attached hydrogen (secondary N) is 1. The van der Waals surface area contributed by atoms with Crippen LogP contribution in [0.25, 0.3) is 0 Å². The van der Waals surface area contributed by atoms with Gasteiger partial charge in [-0.15, -0.1) is 0 Å². The van der Waals surface area contributed by atoms with Crippen LogP contribution in [0.5, 0.6) is 0 Å². The van der Waals surface area contributed by atoms with Crippen molar-refractivity contribution in [2.45, 2.75) is 18.7 Å². The van der Waals surface area contributed by atoms with Gasteiger partial charge < -0.3 is 10.5 Å². The first-order chi connectivity index (χ1) is 8.38. The lowest BCUT2D eigenvalue weighted by Gasteiger charge is -2.10. The number of benzene rings is 1. The lowest BCUT2D eigenvalue weighted by molar-refractivity contribution is 0.153. The Balaban J connectivity index is 2.88. The summed E-state index contributed by atoms with van der Waals surface area (Å²) in [4.78, 5) is -0.0104. The highest BCUT2D eigenvalue weighted by Crippen LogP contribution is 2.26. The van der Waals surface area contributed by atoms with Gasteiger partial charge in [0.2, 0.25) is 10.0 Å². The summed E-state index contributed by atoms with van der Waals surface area (Å²) in [7, 11) is -3.65. The Morgan fingerprint density at radius 3 is 2.72 bits per heavy atom. The lowest BCUT2D eigenvalue weighted by Crippen LogP contribution is -2.27. The van der Waals surface area contributed by atoms with E-state index in [1.807, 2.05) is 6.92 Å². The Kier molecular flexibility index (Phi) is 5.40. The van der Waals surface area contributed by atoms with Crippen molar-refractivity contribution in [2.75, 3.05) is 25.5 Å². The summed E-state index contributed by atoms with van der Waals surface area (Å²) in [6.07, 6.45) is 0. The van der Waals surface area contributed by atoms with E-state index < -0.39 is 10.0 Å². The average Bonchev–Trinajstić information content (AvgIpc) is 2.29. The Morgan fingerprint density at radius 1 is 1.44 bits per heavy atom. The zero-order valence-corrected chi connectivity index (χ0v) is 11.9. The summed E-state index contributed by atoms with van der Waals surface area (Å²) in [5, 5.41) is 0.158. The Hall–Kier alpha value is -0.820. The van der Waals surface area contributed by atoms with E-state index in [1.165, 1.54) is 12.1 Å². The fourth-order valence-corrected chi connectivity index (χ4v) is 2.97. The molecule has 0 fully saturated rings. The van der Waals surface area contributed by atoms with Gasteiger partial charge in [-0.05, 0) is 31.5 Å². The number of nitrogens with two attached hydrogens (primary N) is 1. The van der Waals surface area contributed by atoms with Crippen LogP contribution in [-0.2, 0) is 14.8 Å². The predicted molar refractivity (Wildman–Crippen MR) is 72.3 cm³/mol. The number of ether oxygens (including phenoxy) is 1. The molecule has 0 heterocycles. The average molecular weight is 293 g/mol. The Bertz CT molecular complexity index is 517. The number of halogens is 1. The largest absolute Gasteiger partial charge is 0.398 e. The number of anilines is 1. The van der Waals surface area contributed by atoms with Gasteiger partial charge in [0.1, 0.15) is 4.90 Å². The van der Waals surface area contributed by atoms with Gasteiger partial charge in [-0.2, -0.15) is 0 Å². The third-order valence-electron chi connectivity index (χ3n) is 2.35. The summed E-state index contributed by atoms with van der Waals surface area (Å²) >= 11 is 5.92. The third kappa shape index (κ3) is 3.84. The van der Waals surface area contributed by atoms with E-state index in [-0.39, 0.29) is 16.5 Å². The Morgan fingerprint density at radius 2 is 2.11 bits per heavy atom. The Labute approximate surface area is 112 Å². The van der Waals surface area contributed by atoms with Gasteiger partial charge in [0.15, 0.2) is 0 Å². The fourth-order valence-electron chi connectivity index (χ4n) is 1.34. The quantitative estimate of drug-likeness (QED) is 0.616. The maximum Gasteiger partial charge on any atom is 0.242 e. The first-order valence-electron chi connectivity index (χ1n) is 5.51. The lowest BCUT2D eigenvalue weighted by atomic mass is 10.2. The van der Waals surface area contributed by atoms with Crippen molar-refractivity contribution in [3.05, 3.63) is 22.7 Å². The maximum atomic E-state index is 12.0. The van der Waals surface area contributed by atoms with Crippen molar-refractivity contribution in [1.29, 1.82) is 0 Å². The maximum absolute atomic E-state index is 12.0. The highest BCUT2D eigenvalue weighted by atomic mass is 35.5. The van der Waals surface area contributed by atoms with Crippen molar-refractivity contribution in [3.8, 4) is 0 Å². The van der Waals surface area contributed by atoms with E-state index in [2.05, 4.69) is 4.72 Å². The molecule has 0 bridgehead atoms. The number of rotatable bonds is 6. The molecule has 1 aromatic rings. The number of sulfonamides is 1. The van der Waals surface area contributed by atoms with Crippen LogP contribution in [0.3, 0.4) is 0 Å². The molecule has 0 aliphatic heterocycles. The van der Waals surface area contributed by atoms with Crippen LogP contribution in [0.1, 0.15) is 12.5 Å². The molecule has 0 amide bonds. The predicted octanol–water partition coefficient (Wildman–Crippen LogP) is 1.55. The molecule has 0 spiro atoms. The molecule has 0 aliphatic carbocycles. The molecule has 0 aromatic heterocycles. The highest BCUT2D eigenvalue weighted by Gasteiger charge is 2.18. The van der Waals surface area contributed by atoms with Crippen LogP contribution in [0.4, 0.5) is 5.69 Å².